The molecule has 0 radical (unpaired) electrons. The van der Waals surface area contributed by atoms with Crippen LogP contribution in [-0.4, -0.2) is 21.4 Å². The molecule has 1 aromatic heterocycles. The molecule has 7 heteroatoms. The van der Waals surface area contributed by atoms with Crippen LogP contribution in [0.15, 0.2) is 42.7 Å². The average Bonchev–Trinajstić information content (AvgIpc) is 3.09. The van der Waals surface area contributed by atoms with Gasteiger partial charge in [-0.15, -0.1) is 0 Å². The molecule has 1 saturated carbocycles. The quantitative estimate of drug-likeness (QED) is 0.661. The smallest absolute Gasteiger partial charge is 0.174 e. The number of nitrogens with one attached hydrogen (secondary N) is 2. The van der Waals surface area contributed by atoms with Crippen LogP contribution in [0.1, 0.15) is 37.1 Å². The van der Waals surface area contributed by atoms with Gasteiger partial charge in [-0.25, -0.2) is 9.66 Å². The number of hydrogen-bond acceptors (Lipinski definition) is 5. The van der Waals surface area contributed by atoms with E-state index in [4.69, 9.17) is 23.1 Å². The minimum Gasteiger partial charge on any atom is -0.378 e. The standard InChI is InChI=1S/C19H25ClN6/c20-16-4-2-1-3-13(16)12-24-17-11-19(22,14-5-7-15(21)8-6-14)25-26-10-9-23-18(17)26/h1-4,9-11,14-15,24-25H,5-8,12,21-22H2. The van der Waals surface area contributed by atoms with E-state index in [1.165, 1.54) is 0 Å². The first-order chi connectivity index (χ1) is 12.5. The first kappa shape index (κ1) is 17.4. The van der Waals surface area contributed by atoms with Crippen molar-refractivity contribution in [2.24, 2.45) is 17.4 Å². The summed E-state index contributed by atoms with van der Waals surface area (Å²) in [6.45, 7) is 0.615. The van der Waals surface area contributed by atoms with Crippen LogP contribution in [0.5, 0.6) is 0 Å². The predicted molar refractivity (Wildman–Crippen MR) is 105 cm³/mol. The lowest BCUT2D eigenvalue weighted by molar-refractivity contribution is 0.238. The third-order valence-corrected chi connectivity index (χ3v) is 5.82. The molecule has 1 aliphatic carbocycles. The summed E-state index contributed by atoms with van der Waals surface area (Å²) in [5.74, 6) is 1.15. The molecule has 6 nitrogen and oxygen atoms in total. The van der Waals surface area contributed by atoms with Crippen LogP contribution in [0.4, 0.5) is 0 Å². The van der Waals surface area contributed by atoms with Gasteiger partial charge in [0.1, 0.15) is 5.66 Å². The lowest BCUT2D eigenvalue weighted by Crippen LogP contribution is -2.59. The summed E-state index contributed by atoms with van der Waals surface area (Å²) in [5.41, 5.74) is 17.6. The Bertz CT molecular complexity index is 808. The van der Waals surface area contributed by atoms with Crippen LogP contribution >= 0.6 is 11.6 Å². The minimum atomic E-state index is -0.628. The molecule has 1 atom stereocenters. The zero-order chi connectivity index (χ0) is 18.1. The number of halogens is 1. The topological polar surface area (TPSA) is 93.9 Å². The molecule has 1 fully saturated rings. The number of rotatable bonds is 4. The maximum Gasteiger partial charge on any atom is 0.174 e. The van der Waals surface area contributed by atoms with Gasteiger partial charge in [0.15, 0.2) is 5.82 Å². The number of fused-ring (bicyclic) bond motifs is 1. The summed E-state index contributed by atoms with van der Waals surface area (Å²) >= 11 is 6.28. The second-order valence-corrected chi connectivity index (χ2v) is 7.69. The van der Waals surface area contributed by atoms with Gasteiger partial charge < -0.3 is 22.2 Å². The van der Waals surface area contributed by atoms with Gasteiger partial charge in [-0.1, -0.05) is 29.8 Å². The van der Waals surface area contributed by atoms with Crippen molar-refractivity contribution in [2.75, 3.05) is 5.43 Å². The predicted octanol–water partition coefficient (Wildman–Crippen LogP) is 2.40. The molecule has 2 heterocycles. The fourth-order valence-electron chi connectivity index (χ4n) is 3.91. The van der Waals surface area contributed by atoms with Gasteiger partial charge in [0.25, 0.3) is 0 Å². The van der Waals surface area contributed by atoms with Gasteiger partial charge >= 0.3 is 0 Å². The van der Waals surface area contributed by atoms with Crippen LogP contribution in [0.25, 0.3) is 5.70 Å². The number of nitrogens with two attached hydrogens (primary N) is 2. The van der Waals surface area contributed by atoms with Crippen LogP contribution < -0.4 is 22.2 Å². The Hall–Kier alpha value is -2.02. The number of benzene rings is 1. The zero-order valence-corrected chi connectivity index (χ0v) is 15.4. The Morgan fingerprint density at radius 1 is 1.27 bits per heavy atom. The van der Waals surface area contributed by atoms with Crippen molar-refractivity contribution in [1.82, 2.24) is 15.0 Å². The molecule has 1 aliphatic heterocycles. The molecular weight excluding hydrogens is 348 g/mol. The summed E-state index contributed by atoms with van der Waals surface area (Å²) in [7, 11) is 0. The number of imidazole rings is 1. The molecule has 26 heavy (non-hydrogen) atoms. The van der Waals surface area contributed by atoms with Gasteiger partial charge in [0.05, 0.1) is 5.70 Å². The largest absolute Gasteiger partial charge is 0.378 e. The Morgan fingerprint density at radius 3 is 2.81 bits per heavy atom. The van der Waals surface area contributed by atoms with Crippen LogP contribution in [0, 0.1) is 5.92 Å². The van der Waals surface area contributed by atoms with Crippen LogP contribution in [0.3, 0.4) is 0 Å². The van der Waals surface area contributed by atoms with Crippen molar-refractivity contribution in [3.63, 3.8) is 0 Å². The second-order valence-electron chi connectivity index (χ2n) is 7.28. The van der Waals surface area contributed by atoms with Gasteiger partial charge in [-0.05, 0) is 43.4 Å². The maximum absolute atomic E-state index is 6.80. The molecule has 6 N–H and O–H groups in total. The van der Waals surface area contributed by atoms with E-state index in [-0.39, 0.29) is 0 Å². The normalized spacial score (nSPS) is 28.0. The molecule has 2 aromatic rings. The van der Waals surface area contributed by atoms with Gasteiger partial charge in [-0.2, -0.15) is 0 Å². The maximum atomic E-state index is 6.80. The fraction of sp³-hybridized carbons (Fsp3) is 0.421. The molecule has 0 spiro atoms. The first-order valence-corrected chi connectivity index (χ1v) is 9.49. The first-order valence-electron chi connectivity index (χ1n) is 9.12. The molecule has 0 saturated heterocycles. The summed E-state index contributed by atoms with van der Waals surface area (Å²) in [6.07, 6.45) is 9.81. The number of hydrogen-bond donors (Lipinski definition) is 4. The Balaban J connectivity index is 1.58. The highest BCUT2D eigenvalue weighted by molar-refractivity contribution is 6.31. The van der Waals surface area contributed by atoms with Crippen molar-refractivity contribution in [3.05, 3.63) is 59.1 Å². The molecule has 0 bridgehead atoms. The van der Waals surface area contributed by atoms with E-state index in [2.05, 4.69) is 21.8 Å². The van der Waals surface area contributed by atoms with Gasteiger partial charge in [0, 0.05) is 35.9 Å². The van der Waals surface area contributed by atoms with Gasteiger partial charge in [-0.3, -0.25) is 0 Å². The second kappa shape index (κ2) is 6.95. The summed E-state index contributed by atoms with van der Waals surface area (Å²) in [4.78, 5) is 4.46. The third kappa shape index (κ3) is 3.32. The molecule has 1 unspecified atom stereocenters. The van der Waals surface area contributed by atoms with Crippen molar-refractivity contribution in [1.29, 1.82) is 0 Å². The monoisotopic (exact) mass is 372 g/mol. The lowest BCUT2D eigenvalue weighted by Gasteiger charge is -2.42. The number of nitrogens with zero attached hydrogens (tertiary/aromatic N) is 2. The molecule has 1 aromatic carbocycles. The zero-order valence-electron chi connectivity index (χ0n) is 14.7. The molecular formula is C19H25ClN6. The van der Waals surface area contributed by atoms with Gasteiger partial charge in [0.2, 0.25) is 0 Å². The van der Waals surface area contributed by atoms with E-state index in [1.807, 2.05) is 35.1 Å². The molecule has 138 valence electrons. The van der Waals surface area contributed by atoms with Crippen molar-refractivity contribution < 1.29 is 0 Å². The Labute approximate surface area is 158 Å². The highest BCUT2D eigenvalue weighted by Crippen LogP contribution is 2.34. The van der Waals surface area contributed by atoms with E-state index >= 15 is 0 Å². The summed E-state index contributed by atoms with van der Waals surface area (Å²) < 4.78 is 1.91. The van der Waals surface area contributed by atoms with Crippen LogP contribution in [-0.2, 0) is 6.54 Å². The van der Waals surface area contributed by atoms with Crippen LogP contribution in [0.2, 0.25) is 5.02 Å². The summed E-state index contributed by atoms with van der Waals surface area (Å²) in [5, 5.41) is 4.22. The van der Waals surface area contributed by atoms with E-state index in [9.17, 15) is 0 Å². The highest BCUT2D eigenvalue weighted by atomic mass is 35.5. The average molecular weight is 373 g/mol. The van der Waals surface area contributed by atoms with Crippen molar-refractivity contribution in [3.8, 4) is 0 Å². The SMILES string of the molecule is NC1CCC(C2(N)C=C(NCc3ccccc3Cl)c3nccn3N2)CC1. The van der Waals surface area contributed by atoms with Crippen molar-refractivity contribution in [2.45, 2.75) is 43.9 Å². The molecule has 0 amide bonds. The fourth-order valence-corrected chi connectivity index (χ4v) is 4.11. The number of aromatic nitrogens is 2. The minimum absolute atomic E-state index is 0.295. The molecule has 2 aliphatic rings. The Morgan fingerprint density at radius 2 is 2.04 bits per heavy atom. The van der Waals surface area contributed by atoms with E-state index < -0.39 is 5.66 Å². The lowest BCUT2D eigenvalue weighted by atomic mass is 9.78. The Kier molecular flexibility index (Phi) is 4.65. The van der Waals surface area contributed by atoms with E-state index in [0.717, 1.165) is 47.8 Å². The van der Waals surface area contributed by atoms with E-state index in [0.29, 0.717) is 18.5 Å². The third-order valence-electron chi connectivity index (χ3n) is 5.45. The van der Waals surface area contributed by atoms with Crippen molar-refractivity contribution >= 4 is 17.3 Å². The summed E-state index contributed by atoms with van der Waals surface area (Å²) in [6, 6.07) is 8.13. The molecule has 4 rings (SSSR count). The highest BCUT2D eigenvalue weighted by Gasteiger charge is 2.39. The van der Waals surface area contributed by atoms with E-state index in [1.54, 1.807) is 6.20 Å².